The van der Waals surface area contributed by atoms with E-state index in [1.165, 1.54) is 44.9 Å². The minimum Gasteiger partial charge on any atom is -0.481 e. The monoisotopic (exact) mass is 272 g/mol. The van der Waals surface area contributed by atoms with E-state index in [0.29, 0.717) is 6.42 Å². The van der Waals surface area contributed by atoms with Crippen molar-refractivity contribution in [3.05, 3.63) is 0 Å². The van der Waals surface area contributed by atoms with Crippen molar-refractivity contribution < 1.29 is 15.0 Å². The van der Waals surface area contributed by atoms with Gasteiger partial charge in [0.1, 0.15) is 0 Å². The highest BCUT2D eigenvalue weighted by atomic mass is 16.4. The molecular formula is C16H32O3. The number of aliphatic carboxylic acids is 1. The standard InChI is InChI=1S/C16H32O3/c1-2-15(17)13-11-9-7-5-3-4-6-8-10-12-14-16(18)19/h15,17H,2-14H2,1H3,(H,18,19)/t15-/m0/s1. The fourth-order valence-corrected chi connectivity index (χ4v) is 2.27. The molecule has 0 aromatic carbocycles. The Balaban J connectivity index is 3.01. The SMILES string of the molecule is CC[C@H](O)CCCCCCCCCCCCC(=O)O. The summed E-state index contributed by atoms with van der Waals surface area (Å²) in [5.41, 5.74) is 0. The molecule has 3 nitrogen and oxygen atoms in total. The maximum absolute atomic E-state index is 10.3. The molecule has 0 heterocycles. The van der Waals surface area contributed by atoms with E-state index in [4.69, 9.17) is 5.11 Å². The van der Waals surface area contributed by atoms with Crippen LogP contribution < -0.4 is 0 Å². The van der Waals surface area contributed by atoms with Crippen molar-refractivity contribution in [2.75, 3.05) is 0 Å². The van der Waals surface area contributed by atoms with Crippen LogP contribution in [0.25, 0.3) is 0 Å². The van der Waals surface area contributed by atoms with Crippen molar-refractivity contribution in [1.29, 1.82) is 0 Å². The fourth-order valence-electron chi connectivity index (χ4n) is 2.27. The average Bonchev–Trinajstić information content (AvgIpc) is 2.39. The predicted molar refractivity (Wildman–Crippen MR) is 79.3 cm³/mol. The van der Waals surface area contributed by atoms with Crippen LogP contribution >= 0.6 is 0 Å². The Hall–Kier alpha value is -0.570. The van der Waals surface area contributed by atoms with Gasteiger partial charge < -0.3 is 10.2 Å². The Bertz CT molecular complexity index is 204. The summed E-state index contributed by atoms with van der Waals surface area (Å²) in [7, 11) is 0. The zero-order valence-electron chi connectivity index (χ0n) is 12.6. The van der Waals surface area contributed by atoms with Crippen molar-refractivity contribution in [3.8, 4) is 0 Å². The summed E-state index contributed by atoms with van der Waals surface area (Å²) in [5, 5.41) is 17.9. The zero-order chi connectivity index (χ0) is 14.3. The number of unbranched alkanes of at least 4 members (excludes halogenated alkanes) is 9. The molecule has 0 aliphatic carbocycles. The van der Waals surface area contributed by atoms with Gasteiger partial charge in [-0.2, -0.15) is 0 Å². The lowest BCUT2D eigenvalue weighted by Gasteiger charge is -2.06. The third-order valence-corrected chi connectivity index (χ3v) is 3.65. The first-order chi connectivity index (χ1) is 9.16. The lowest BCUT2D eigenvalue weighted by molar-refractivity contribution is -0.137. The highest BCUT2D eigenvalue weighted by molar-refractivity contribution is 5.66. The van der Waals surface area contributed by atoms with Crippen molar-refractivity contribution in [2.45, 2.75) is 96.5 Å². The van der Waals surface area contributed by atoms with Crippen LogP contribution in [-0.2, 0) is 4.79 Å². The van der Waals surface area contributed by atoms with Gasteiger partial charge in [0, 0.05) is 6.42 Å². The van der Waals surface area contributed by atoms with Crippen molar-refractivity contribution in [3.63, 3.8) is 0 Å². The van der Waals surface area contributed by atoms with Crippen molar-refractivity contribution in [1.82, 2.24) is 0 Å². The maximum Gasteiger partial charge on any atom is 0.303 e. The molecule has 0 unspecified atom stereocenters. The zero-order valence-corrected chi connectivity index (χ0v) is 12.6. The minimum absolute atomic E-state index is 0.0918. The van der Waals surface area contributed by atoms with E-state index in [1.54, 1.807) is 0 Å². The summed E-state index contributed by atoms with van der Waals surface area (Å²) >= 11 is 0. The highest BCUT2D eigenvalue weighted by Gasteiger charge is 2.00. The Morgan fingerprint density at radius 2 is 1.26 bits per heavy atom. The topological polar surface area (TPSA) is 57.5 Å². The van der Waals surface area contributed by atoms with E-state index in [1.807, 2.05) is 6.92 Å². The smallest absolute Gasteiger partial charge is 0.303 e. The molecule has 1 atom stereocenters. The Kier molecular flexibility index (Phi) is 13.4. The van der Waals surface area contributed by atoms with Crippen molar-refractivity contribution >= 4 is 5.97 Å². The normalized spacial score (nSPS) is 12.5. The largest absolute Gasteiger partial charge is 0.481 e. The second kappa shape index (κ2) is 13.9. The molecule has 0 radical (unpaired) electrons. The van der Waals surface area contributed by atoms with Gasteiger partial charge in [-0.1, -0.05) is 64.7 Å². The second-order valence-corrected chi connectivity index (χ2v) is 5.53. The van der Waals surface area contributed by atoms with Gasteiger partial charge in [-0.3, -0.25) is 4.79 Å². The Morgan fingerprint density at radius 3 is 1.68 bits per heavy atom. The second-order valence-electron chi connectivity index (χ2n) is 5.53. The summed E-state index contributed by atoms with van der Waals surface area (Å²) in [6, 6.07) is 0. The molecule has 0 saturated heterocycles. The van der Waals surface area contributed by atoms with E-state index in [9.17, 15) is 9.90 Å². The third-order valence-electron chi connectivity index (χ3n) is 3.65. The number of aliphatic hydroxyl groups is 1. The van der Waals surface area contributed by atoms with Crippen LogP contribution in [0.15, 0.2) is 0 Å². The Morgan fingerprint density at radius 1 is 0.842 bits per heavy atom. The predicted octanol–water partition coefficient (Wildman–Crippen LogP) is 4.52. The van der Waals surface area contributed by atoms with E-state index in [-0.39, 0.29) is 6.10 Å². The lowest BCUT2D eigenvalue weighted by atomic mass is 10.0. The molecule has 0 aromatic heterocycles. The van der Waals surface area contributed by atoms with Gasteiger partial charge in [0.05, 0.1) is 6.10 Å². The summed E-state index contributed by atoms with van der Waals surface area (Å²) in [6.45, 7) is 2.03. The van der Waals surface area contributed by atoms with Crippen molar-refractivity contribution in [2.24, 2.45) is 0 Å². The third kappa shape index (κ3) is 15.4. The molecule has 0 rings (SSSR count). The van der Waals surface area contributed by atoms with Crippen LogP contribution in [0.3, 0.4) is 0 Å². The van der Waals surface area contributed by atoms with Gasteiger partial charge in [0.2, 0.25) is 0 Å². The molecule has 2 N–H and O–H groups in total. The molecule has 114 valence electrons. The summed E-state index contributed by atoms with van der Waals surface area (Å²) in [4.78, 5) is 10.3. The minimum atomic E-state index is -0.673. The first kappa shape index (κ1) is 18.4. The van der Waals surface area contributed by atoms with Gasteiger partial charge in [-0.15, -0.1) is 0 Å². The molecule has 0 aliphatic rings. The molecule has 0 bridgehead atoms. The molecule has 0 spiro atoms. The molecule has 0 amide bonds. The number of rotatable bonds is 14. The van der Waals surface area contributed by atoms with Crippen LogP contribution in [0.4, 0.5) is 0 Å². The number of carbonyl (C=O) groups is 1. The Labute approximate surface area is 118 Å². The van der Waals surface area contributed by atoms with Gasteiger partial charge in [-0.25, -0.2) is 0 Å². The molecule has 0 aliphatic heterocycles. The molecule has 0 saturated carbocycles. The first-order valence-corrected chi connectivity index (χ1v) is 8.06. The molecule has 3 heteroatoms. The van der Waals surface area contributed by atoms with Gasteiger partial charge in [0.15, 0.2) is 0 Å². The van der Waals surface area contributed by atoms with Gasteiger partial charge in [-0.05, 0) is 19.3 Å². The lowest BCUT2D eigenvalue weighted by Crippen LogP contribution is -2.03. The van der Waals surface area contributed by atoms with E-state index < -0.39 is 5.97 Å². The van der Waals surface area contributed by atoms with E-state index in [0.717, 1.165) is 32.1 Å². The number of hydrogen-bond donors (Lipinski definition) is 2. The fraction of sp³-hybridized carbons (Fsp3) is 0.938. The quantitative estimate of drug-likeness (QED) is 0.457. The summed E-state index contributed by atoms with van der Waals surface area (Å²) in [6.07, 6.45) is 13.9. The summed E-state index contributed by atoms with van der Waals surface area (Å²) < 4.78 is 0. The number of aliphatic hydroxyl groups excluding tert-OH is 1. The molecule has 19 heavy (non-hydrogen) atoms. The maximum atomic E-state index is 10.3. The van der Waals surface area contributed by atoms with E-state index >= 15 is 0 Å². The number of carboxylic acids is 1. The average molecular weight is 272 g/mol. The molecule has 0 aromatic rings. The van der Waals surface area contributed by atoms with Crippen LogP contribution in [-0.4, -0.2) is 22.3 Å². The summed E-state index contributed by atoms with van der Waals surface area (Å²) in [5.74, 6) is -0.673. The number of carboxylic acid groups (broad SMARTS) is 1. The first-order valence-electron chi connectivity index (χ1n) is 8.06. The van der Waals surface area contributed by atoms with Crippen LogP contribution in [0.5, 0.6) is 0 Å². The molecule has 0 fully saturated rings. The van der Waals surface area contributed by atoms with E-state index in [2.05, 4.69) is 0 Å². The van der Waals surface area contributed by atoms with Crippen LogP contribution in [0.1, 0.15) is 90.4 Å². The van der Waals surface area contributed by atoms with Crippen LogP contribution in [0.2, 0.25) is 0 Å². The highest BCUT2D eigenvalue weighted by Crippen LogP contribution is 2.13. The van der Waals surface area contributed by atoms with Gasteiger partial charge in [0.25, 0.3) is 0 Å². The number of hydrogen-bond acceptors (Lipinski definition) is 2. The van der Waals surface area contributed by atoms with Crippen LogP contribution in [0, 0.1) is 0 Å². The van der Waals surface area contributed by atoms with Gasteiger partial charge >= 0.3 is 5.97 Å². The molecular weight excluding hydrogens is 240 g/mol.